The van der Waals surface area contributed by atoms with Crippen molar-refractivity contribution in [1.29, 1.82) is 0 Å². The van der Waals surface area contributed by atoms with E-state index in [1.807, 2.05) is 42.5 Å². The molecule has 0 bridgehead atoms. The Kier molecular flexibility index (Phi) is 9.36. The minimum Gasteiger partial charge on any atom is -0.489 e. The Morgan fingerprint density at radius 3 is 2.38 bits per heavy atom. The lowest BCUT2D eigenvalue weighted by atomic mass is 9.75. The van der Waals surface area contributed by atoms with E-state index in [-0.39, 0.29) is 35.5 Å². The number of carboxylic acid groups (broad SMARTS) is 1. The first-order chi connectivity index (χ1) is 18.6. The van der Waals surface area contributed by atoms with Crippen molar-refractivity contribution in [3.63, 3.8) is 0 Å². The van der Waals surface area contributed by atoms with E-state index in [1.54, 1.807) is 0 Å². The number of carbonyl (C=O) groups is 1. The van der Waals surface area contributed by atoms with Crippen LogP contribution in [0.4, 0.5) is 13.2 Å². The summed E-state index contributed by atoms with van der Waals surface area (Å²) in [4.78, 5) is 10.9. The fraction of sp³-hybridized carbons (Fsp3) is 0.424. The average molecular weight is 539 g/mol. The number of benzene rings is 3. The van der Waals surface area contributed by atoms with E-state index in [0.29, 0.717) is 17.7 Å². The van der Waals surface area contributed by atoms with Gasteiger partial charge in [-0.15, -0.1) is 0 Å². The Morgan fingerprint density at radius 2 is 1.74 bits per heavy atom. The van der Waals surface area contributed by atoms with Gasteiger partial charge in [-0.25, -0.2) is 13.2 Å². The van der Waals surface area contributed by atoms with E-state index in [0.717, 1.165) is 48.1 Å². The first kappa shape index (κ1) is 28.7. The lowest BCUT2D eigenvalue weighted by Crippen LogP contribution is -2.17. The molecule has 0 amide bonds. The molecule has 6 heteroatoms. The van der Waals surface area contributed by atoms with Gasteiger partial charge in [0, 0.05) is 17.5 Å². The zero-order chi connectivity index (χ0) is 28.0. The summed E-state index contributed by atoms with van der Waals surface area (Å²) in [6.45, 7) is 4.68. The molecular weight excluding hydrogens is 501 g/mol. The van der Waals surface area contributed by atoms with Crippen LogP contribution in [-0.2, 0) is 17.8 Å². The number of aryl methyl sites for hydroxylation is 1. The van der Waals surface area contributed by atoms with Crippen molar-refractivity contribution in [2.45, 2.75) is 84.2 Å². The topological polar surface area (TPSA) is 46.5 Å². The number of carboxylic acids is 1. The minimum absolute atomic E-state index is 0.00348. The van der Waals surface area contributed by atoms with E-state index in [2.05, 4.69) is 13.8 Å². The Morgan fingerprint density at radius 1 is 0.974 bits per heavy atom. The number of hydrogen-bond acceptors (Lipinski definition) is 2. The summed E-state index contributed by atoms with van der Waals surface area (Å²) in [6, 6.07) is 16.6. The zero-order valence-corrected chi connectivity index (χ0v) is 22.7. The van der Waals surface area contributed by atoms with Crippen LogP contribution in [0.25, 0.3) is 11.1 Å². The third-order valence-electron chi connectivity index (χ3n) is 7.57. The van der Waals surface area contributed by atoms with Gasteiger partial charge in [-0.05, 0) is 77.1 Å². The lowest BCUT2D eigenvalue weighted by Gasteiger charge is -2.30. The molecule has 2 aliphatic rings. The monoisotopic (exact) mass is 538 g/mol. The second-order valence-corrected chi connectivity index (χ2v) is 11.3. The third-order valence-corrected chi connectivity index (χ3v) is 7.57. The van der Waals surface area contributed by atoms with Crippen LogP contribution in [-0.4, -0.2) is 11.1 Å². The van der Waals surface area contributed by atoms with Crippen LogP contribution in [0.5, 0.6) is 5.75 Å². The van der Waals surface area contributed by atoms with E-state index in [4.69, 9.17) is 9.84 Å². The van der Waals surface area contributed by atoms with Crippen molar-refractivity contribution >= 4 is 5.97 Å². The number of alkyl halides is 2. The molecule has 2 saturated carbocycles. The van der Waals surface area contributed by atoms with Crippen LogP contribution in [0.15, 0.2) is 60.7 Å². The van der Waals surface area contributed by atoms with Crippen molar-refractivity contribution in [2.75, 3.05) is 0 Å². The number of ether oxygens (including phenoxy) is 1. The number of aliphatic carboxylic acids is 1. The molecule has 2 fully saturated rings. The zero-order valence-electron chi connectivity index (χ0n) is 22.7. The van der Waals surface area contributed by atoms with Crippen LogP contribution in [0.2, 0.25) is 0 Å². The van der Waals surface area contributed by atoms with Crippen molar-refractivity contribution in [2.24, 2.45) is 5.41 Å². The van der Waals surface area contributed by atoms with Crippen molar-refractivity contribution in [1.82, 2.24) is 0 Å². The summed E-state index contributed by atoms with van der Waals surface area (Å²) in [6.07, 6.45) is 5.35. The molecule has 0 spiro atoms. The fourth-order valence-corrected chi connectivity index (χ4v) is 5.23. The maximum Gasteiger partial charge on any atom is 0.303 e. The van der Waals surface area contributed by atoms with Gasteiger partial charge in [-0.3, -0.25) is 4.79 Å². The first-order valence-electron chi connectivity index (χ1n) is 13.8. The largest absolute Gasteiger partial charge is 0.489 e. The van der Waals surface area contributed by atoms with Crippen LogP contribution in [0, 0.1) is 11.2 Å². The second-order valence-electron chi connectivity index (χ2n) is 11.3. The Labute approximate surface area is 229 Å². The highest BCUT2D eigenvalue weighted by molar-refractivity contribution is 5.70. The molecule has 1 atom stereocenters. The molecular formula is C33H37F3O3. The summed E-state index contributed by atoms with van der Waals surface area (Å²) in [5.41, 5.74) is 3.39. The molecule has 0 saturated heterocycles. The van der Waals surface area contributed by atoms with Crippen molar-refractivity contribution < 1.29 is 27.8 Å². The van der Waals surface area contributed by atoms with Gasteiger partial charge in [0.25, 0.3) is 6.43 Å². The number of halogens is 3. The van der Waals surface area contributed by atoms with E-state index in [9.17, 15) is 18.0 Å². The van der Waals surface area contributed by atoms with Crippen molar-refractivity contribution in [3.05, 3.63) is 88.7 Å². The normalized spacial score (nSPS) is 17.4. The summed E-state index contributed by atoms with van der Waals surface area (Å²) >= 11 is 0. The van der Waals surface area contributed by atoms with Crippen molar-refractivity contribution in [3.8, 4) is 16.9 Å². The number of rotatable bonds is 9. The molecule has 5 rings (SSSR count). The van der Waals surface area contributed by atoms with Gasteiger partial charge >= 0.3 is 5.97 Å². The van der Waals surface area contributed by atoms with E-state index < -0.39 is 18.2 Å². The average Bonchev–Trinajstić information content (AvgIpc) is 3.75. The molecule has 0 aromatic heterocycles. The highest BCUT2D eigenvalue weighted by atomic mass is 19.3. The molecule has 0 radical (unpaired) electrons. The molecule has 2 aliphatic carbocycles. The summed E-state index contributed by atoms with van der Waals surface area (Å²) in [7, 11) is 0. The quantitative estimate of drug-likeness (QED) is 0.295. The Bertz CT molecular complexity index is 1280. The third kappa shape index (κ3) is 7.87. The van der Waals surface area contributed by atoms with Crippen LogP contribution >= 0.6 is 0 Å². The van der Waals surface area contributed by atoms with Gasteiger partial charge in [0.2, 0.25) is 0 Å². The smallest absolute Gasteiger partial charge is 0.303 e. The molecule has 0 aliphatic heterocycles. The maximum atomic E-state index is 14.9. The van der Waals surface area contributed by atoms with Gasteiger partial charge < -0.3 is 9.84 Å². The highest BCUT2D eigenvalue weighted by Crippen LogP contribution is 2.51. The van der Waals surface area contributed by atoms with Gasteiger partial charge in [0.05, 0.1) is 0 Å². The lowest BCUT2D eigenvalue weighted by molar-refractivity contribution is -0.136. The van der Waals surface area contributed by atoms with Gasteiger partial charge in [0.15, 0.2) is 0 Å². The molecule has 1 unspecified atom stereocenters. The molecule has 0 heterocycles. The SMILES string of the molecule is C1CC1.CC1(C)CCCC1c1cc(COc2cccc(CCC(=O)O)c2)ccc1-c1cc(C(F)F)ccc1F. The van der Waals surface area contributed by atoms with Gasteiger partial charge in [-0.2, -0.15) is 0 Å². The fourth-order valence-electron chi connectivity index (χ4n) is 5.23. The molecule has 39 heavy (non-hydrogen) atoms. The molecule has 3 nitrogen and oxygen atoms in total. The molecule has 3 aromatic carbocycles. The molecule has 208 valence electrons. The standard InChI is InChI=1S/C30H31F3O3.C3H6/c1-30(2)14-4-7-26(30)24-16-20(18-36-22-6-3-5-19(15-22)9-13-28(34)35)8-11-23(24)25-17-21(29(32)33)10-12-27(25)31;1-2-3-1/h3,5-6,8,10-12,15-17,26,29H,4,7,9,13-14,18H2,1-2H3,(H,34,35);1-3H2. The van der Waals surface area contributed by atoms with Crippen LogP contribution < -0.4 is 4.74 Å². The van der Waals surface area contributed by atoms with Gasteiger partial charge in [-0.1, -0.05) is 75.9 Å². The van der Waals surface area contributed by atoms with Crippen LogP contribution in [0.3, 0.4) is 0 Å². The number of hydrogen-bond donors (Lipinski definition) is 1. The molecule has 3 aromatic rings. The first-order valence-corrected chi connectivity index (χ1v) is 13.8. The summed E-state index contributed by atoms with van der Waals surface area (Å²) < 4.78 is 47.7. The minimum atomic E-state index is -2.67. The Hall–Kier alpha value is -3.28. The van der Waals surface area contributed by atoms with Gasteiger partial charge in [0.1, 0.15) is 18.2 Å². The summed E-state index contributed by atoms with van der Waals surface area (Å²) in [5.74, 6) is -0.556. The molecule has 1 N–H and O–H groups in total. The Balaban J connectivity index is 0.00000110. The van der Waals surface area contributed by atoms with Crippen LogP contribution in [0.1, 0.15) is 93.4 Å². The maximum absolute atomic E-state index is 14.9. The van der Waals surface area contributed by atoms with E-state index >= 15 is 0 Å². The second kappa shape index (κ2) is 12.7. The van der Waals surface area contributed by atoms with E-state index in [1.165, 1.54) is 25.3 Å². The predicted molar refractivity (Wildman–Crippen MR) is 148 cm³/mol. The predicted octanol–water partition coefficient (Wildman–Crippen LogP) is 9.49. The highest BCUT2D eigenvalue weighted by Gasteiger charge is 2.37. The summed E-state index contributed by atoms with van der Waals surface area (Å²) in [5, 5.41) is 8.92.